The van der Waals surface area contributed by atoms with Crippen LogP contribution in [0.3, 0.4) is 0 Å². The van der Waals surface area contributed by atoms with Crippen LogP contribution in [-0.4, -0.2) is 44.6 Å². The maximum atomic E-state index is 12.0. The van der Waals surface area contributed by atoms with Gasteiger partial charge >= 0.3 is 11.9 Å². The van der Waals surface area contributed by atoms with Crippen molar-refractivity contribution in [3.05, 3.63) is 23.3 Å². The highest BCUT2D eigenvalue weighted by molar-refractivity contribution is 5.94. The van der Waals surface area contributed by atoms with Gasteiger partial charge in [0, 0.05) is 6.07 Å². The molecule has 0 radical (unpaired) electrons. The highest BCUT2D eigenvalue weighted by Gasteiger charge is 2.22. The third kappa shape index (κ3) is 4.96. The van der Waals surface area contributed by atoms with Crippen LogP contribution >= 0.6 is 0 Å². The molecule has 0 spiro atoms. The molecule has 0 aliphatic carbocycles. The minimum absolute atomic E-state index is 0.0275. The Kier molecular flexibility index (Phi) is 5.54. The first kappa shape index (κ1) is 16.8. The summed E-state index contributed by atoms with van der Waals surface area (Å²) in [5.74, 6) is -2.76. The van der Waals surface area contributed by atoms with Crippen LogP contribution in [0.25, 0.3) is 0 Å². The second-order valence-corrected chi connectivity index (χ2v) is 4.87. The Morgan fingerprint density at radius 2 is 1.86 bits per heavy atom. The van der Waals surface area contributed by atoms with Gasteiger partial charge in [-0.2, -0.15) is 0 Å². The van der Waals surface area contributed by atoms with Gasteiger partial charge in [0.25, 0.3) is 0 Å². The van der Waals surface area contributed by atoms with Gasteiger partial charge in [0.05, 0.1) is 12.5 Å². The van der Waals surface area contributed by atoms with Crippen LogP contribution < -0.4 is 0 Å². The summed E-state index contributed by atoms with van der Waals surface area (Å²) in [6.45, 7) is 2.90. The Labute approximate surface area is 121 Å². The molecule has 0 aliphatic rings. The number of hydrogen-bond donors (Lipinski definition) is 4. The molecule has 21 heavy (non-hydrogen) atoms. The van der Waals surface area contributed by atoms with Crippen molar-refractivity contribution in [3.8, 4) is 11.5 Å². The Morgan fingerprint density at radius 3 is 2.38 bits per heavy atom. The minimum atomic E-state index is -1.12. The van der Waals surface area contributed by atoms with Gasteiger partial charge in [0.1, 0.15) is 23.2 Å². The average Bonchev–Trinajstić information content (AvgIpc) is 2.24. The second-order valence-electron chi connectivity index (χ2n) is 4.87. The number of hydrogen-bond acceptors (Lipinski definition) is 6. The molecule has 0 saturated carbocycles. The van der Waals surface area contributed by atoms with Crippen LogP contribution in [0.2, 0.25) is 0 Å². The molecule has 0 unspecified atom stereocenters. The van der Waals surface area contributed by atoms with Crippen molar-refractivity contribution in [2.75, 3.05) is 0 Å². The van der Waals surface area contributed by atoms with Crippen LogP contribution in [0.1, 0.15) is 36.2 Å². The molecule has 0 saturated heterocycles. The van der Waals surface area contributed by atoms with Crippen molar-refractivity contribution < 1.29 is 34.8 Å². The lowest BCUT2D eigenvalue weighted by molar-refractivity contribution is -0.138. The molecular weight excluding hydrogens is 280 g/mol. The summed E-state index contributed by atoms with van der Waals surface area (Å²) in [4.78, 5) is 22.6. The monoisotopic (exact) mass is 298 g/mol. The largest absolute Gasteiger partial charge is 0.508 e. The van der Waals surface area contributed by atoms with E-state index in [4.69, 9.17) is 9.84 Å². The molecular formula is C14H18O7. The number of carboxylic acids is 1. The number of carbonyl (C=O) groups is 2. The SMILES string of the molecule is C[C@H](CC(=O)O)OC(=O)c1c(O)cc(O)cc1C[C@@H](C)O. The second kappa shape index (κ2) is 6.94. The molecule has 0 aliphatic heterocycles. The fourth-order valence-corrected chi connectivity index (χ4v) is 1.91. The molecule has 0 heterocycles. The summed E-state index contributed by atoms with van der Waals surface area (Å²) in [5, 5.41) is 37.3. The Balaban J connectivity index is 3.04. The average molecular weight is 298 g/mol. The number of aliphatic hydroxyl groups excluding tert-OH is 1. The maximum Gasteiger partial charge on any atom is 0.342 e. The van der Waals surface area contributed by atoms with E-state index in [1.54, 1.807) is 0 Å². The number of carbonyl (C=O) groups excluding carboxylic acids is 1. The smallest absolute Gasteiger partial charge is 0.342 e. The number of aromatic hydroxyl groups is 2. The number of aliphatic carboxylic acids is 1. The van der Waals surface area contributed by atoms with Gasteiger partial charge in [-0.15, -0.1) is 0 Å². The molecule has 7 heteroatoms. The zero-order valence-corrected chi connectivity index (χ0v) is 11.7. The number of phenolic OH excluding ortho intramolecular Hbond substituents is 2. The first-order chi connectivity index (χ1) is 9.70. The van der Waals surface area contributed by atoms with E-state index in [2.05, 4.69) is 0 Å². The molecule has 7 nitrogen and oxygen atoms in total. The third-order valence-electron chi connectivity index (χ3n) is 2.67. The van der Waals surface area contributed by atoms with E-state index >= 15 is 0 Å². The normalized spacial score (nSPS) is 13.5. The summed E-state index contributed by atoms with van der Waals surface area (Å²) in [7, 11) is 0. The van der Waals surface area contributed by atoms with Crippen LogP contribution in [-0.2, 0) is 16.0 Å². The number of carboxylic acid groups (broad SMARTS) is 1. The number of ether oxygens (including phenoxy) is 1. The number of benzene rings is 1. The molecule has 0 bridgehead atoms. The number of esters is 1. The molecule has 0 aromatic heterocycles. The minimum Gasteiger partial charge on any atom is -0.508 e. The van der Waals surface area contributed by atoms with Crippen LogP contribution in [0, 0.1) is 0 Å². The van der Waals surface area contributed by atoms with Crippen molar-refractivity contribution in [3.63, 3.8) is 0 Å². The summed E-state index contributed by atoms with van der Waals surface area (Å²) >= 11 is 0. The topological polar surface area (TPSA) is 124 Å². The van der Waals surface area contributed by atoms with Gasteiger partial charge in [-0.1, -0.05) is 0 Å². The van der Waals surface area contributed by atoms with E-state index in [0.717, 1.165) is 6.07 Å². The molecule has 1 rings (SSSR count). The highest BCUT2D eigenvalue weighted by Crippen LogP contribution is 2.29. The number of aliphatic hydroxyl groups is 1. The maximum absolute atomic E-state index is 12.0. The van der Waals surface area contributed by atoms with Gasteiger partial charge < -0.3 is 25.2 Å². The zero-order valence-electron chi connectivity index (χ0n) is 11.7. The molecule has 116 valence electrons. The van der Waals surface area contributed by atoms with Crippen molar-refractivity contribution in [2.45, 2.75) is 38.9 Å². The molecule has 1 aromatic carbocycles. The van der Waals surface area contributed by atoms with Crippen LogP contribution in [0.5, 0.6) is 11.5 Å². The van der Waals surface area contributed by atoms with Gasteiger partial charge in [0.15, 0.2) is 0 Å². The Bertz CT molecular complexity index is 536. The lowest BCUT2D eigenvalue weighted by atomic mass is 10.0. The van der Waals surface area contributed by atoms with Gasteiger partial charge in [0.2, 0.25) is 0 Å². The lowest BCUT2D eigenvalue weighted by Crippen LogP contribution is -2.20. The van der Waals surface area contributed by atoms with Crippen LogP contribution in [0.15, 0.2) is 12.1 Å². The van der Waals surface area contributed by atoms with Crippen LogP contribution in [0.4, 0.5) is 0 Å². The zero-order chi connectivity index (χ0) is 16.2. The van der Waals surface area contributed by atoms with E-state index < -0.39 is 29.9 Å². The van der Waals surface area contributed by atoms with E-state index in [1.165, 1.54) is 19.9 Å². The number of phenols is 2. The standard InChI is InChI=1S/C14H18O7/c1-7(15)3-9-5-10(16)6-11(17)13(9)14(20)21-8(2)4-12(18)19/h5-8,15-17H,3-4H2,1-2H3,(H,18,19)/t7-,8-/m1/s1. The fraction of sp³-hybridized carbons (Fsp3) is 0.429. The van der Waals surface area contributed by atoms with Crippen molar-refractivity contribution in [2.24, 2.45) is 0 Å². The van der Waals surface area contributed by atoms with Gasteiger partial charge in [-0.25, -0.2) is 4.79 Å². The highest BCUT2D eigenvalue weighted by atomic mass is 16.5. The third-order valence-corrected chi connectivity index (χ3v) is 2.67. The lowest BCUT2D eigenvalue weighted by Gasteiger charge is -2.15. The first-order valence-electron chi connectivity index (χ1n) is 6.36. The van der Waals surface area contributed by atoms with E-state index in [0.29, 0.717) is 0 Å². The van der Waals surface area contributed by atoms with Crippen molar-refractivity contribution in [1.29, 1.82) is 0 Å². The summed E-state index contributed by atoms with van der Waals surface area (Å²) < 4.78 is 4.95. The van der Waals surface area contributed by atoms with Crippen molar-refractivity contribution >= 4 is 11.9 Å². The summed E-state index contributed by atoms with van der Waals surface area (Å²) in [6, 6.07) is 2.22. The predicted molar refractivity (Wildman–Crippen MR) is 72.3 cm³/mol. The molecule has 0 amide bonds. The van der Waals surface area contributed by atoms with E-state index in [9.17, 15) is 24.9 Å². The Morgan fingerprint density at radius 1 is 1.24 bits per heavy atom. The van der Waals surface area contributed by atoms with Gasteiger partial charge in [-0.3, -0.25) is 4.79 Å². The quantitative estimate of drug-likeness (QED) is 0.578. The van der Waals surface area contributed by atoms with Gasteiger partial charge in [-0.05, 0) is 31.9 Å². The molecule has 0 fully saturated rings. The van der Waals surface area contributed by atoms with E-state index in [1.807, 2.05) is 0 Å². The first-order valence-corrected chi connectivity index (χ1v) is 6.36. The molecule has 4 N–H and O–H groups in total. The molecule has 2 atom stereocenters. The Hall–Kier alpha value is -2.28. The molecule has 1 aromatic rings. The number of rotatable bonds is 6. The van der Waals surface area contributed by atoms with Crippen molar-refractivity contribution in [1.82, 2.24) is 0 Å². The fourth-order valence-electron chi connectivity index (χ4n) is 1.91. The van der Waals surface area contributed by atoms with E-state index in [-0.39, 0.29) is 29.7 Å². The predicted octanol–water partition coefficient (Wildman–Crippen LogP) is 1.04. The summed E-state index contributed by atoms with van der Waals surface area (Å²) in [5.41, 5.74) is 0.0287. The summed E-state index contributed by atoms with van der Waals surface area (Å²) in [6.07, 6.45) is -2.01.